The molecule has 0 radical (unpaired) electrons. The fraction of sp³-hybridized carbons (Fsp3) is 0.516. The molecule has 1 aromatic carbocycles. The highest BCUT2D eigenvalue weighted by Crippen LogP contribution is 2.39. The molecule has 1 N–H and O–H groups in total. The predicted octanol–water partition coefficient (Wildman–Crippen LogP) is 5.17. The van der Waals surface area contributed by atoms with Crippen molar-refractivity contribution in [3.8, 4) is 28.5 Å². The maximum absolute atomic E-state index is 13.9. The van der Waals surface area contributed by atoms with Crippen molar-refractivity contribution in [1.29, 1.82) is 0 Å². The lowest BCUT2D eigenvalue weighted by Crippen LogP contribution is -2.41. The van der Waals surface area contributed by atoms with Crippen molar-refractivity contribution < 1.29 is 28.5 Å². The molecule has 1 aliphatic rings. The second kappa shape index (κ2) is 12.3. The third-order valence-electron chi connectivity index (χ3n) is 8.58. The van der Waals surface area contributed by atoms with Gasteiger partial charge in [0.2, 0.25) is 0 Å². The fourth-order valence-corrected chi connectivity index (χ4v) is 6.24. The number of carbonyl (C=O) groups is 1. The fourth-order valence-electron chi connectivity index (χ4n) is 5.15. The largest absolute Gasteiger partial charge is 0.506 e. The number of hydrogen-bond acceptors (Lipinski definition) is 8. The molecule has 0 aliphatic heterocycles. The molecule has 0 amide bonds. The van der Waals surface area contributed by atoms with Gasteiger partial charge in [-0.2, -0.15) is 5.10 Å². The van der Waals surface area contributed by atoms with E-state index in [1.807, 2.05) is 10.7 Å². The van der Waals surface area contributed by atoms with E-state index in [2.05, 4.69) is 33.9 Å². The molecule has 10 nitrogen and oxygen atoms in total. The van der Waals surface area contributed by atoms with Crippen molar-refractivity contribution in [1.82, 2.24) is 14.3 Å². The molecular weight excluding hydrogens is 554 g/mol. The van der Waals surface area contributed by atoms with Gasteiger partial charge in [-0.05, 0) is 55.9 Å². The summed E-state index contributed by atoms with van der Waals surface area (Å²) in [7, 11) is 2.46. The molecule has 0 unspecified atom stereocenters. The Hall–Kier alpha value is -3.57. The smallest absolute Gasteiger partial charge is 0.347 e. The lowest BCUT2D eigenvalue weighted by Gasteiger charge is -2.36. The summed E-state index contributed by atoms with van der Waals surface area (Å²) < 4.78 is 25.7. The average molecular weight is 598 g/mol. The predicted molar refractivity (Wildman–Crippen MR) is 163 cm³/mol. The molecule has 11 heteroatoms. The number of esters is 1. The maximum Gasteiger partial charge on any atom is 0.347 e. The Bertz CT molecular complexity index is 1520. The molecule has 0 bridgehead atoms. The molecule has 2 heterocycles. The van der Waals surface area contributed by atoms with Crippen LogP contribution in [0, 0.1) is 0 Å². The number of benzene rings is 1. The van der Waals surface area contributed by atoms with Crippen molar-refractivity contribution in [2.24, 2.45) is 0 Å². The molecule has 4 rings (SSSR count). The molecule has 42 heavy (non-hydrogen) atoms. The van der Waals surface area contributed by atoms with Gasteiger partial charge in [0.25, 0.3) is 5.56 Å². The zero-order valence-corrected chi connectivity index (χ0v) is 27.0. The van der Waals surface area contributed by atoms with Crippen molar-refractivity contribution >= 4 is 14.3 Å². The minimum atomic E-state index is -1.85. The summed E-state index contributed by atoms with van der Waals surface area (Å²) in [6, 6.07) is 5.36. The number of aromatic nitrogens is 3. The number of carbonyl (C=O) groups excluding carboxylic acids is 1. The summed E-state index contributed by atoms with van der Waals surface area (Å²) in [5.41, 5.74) is 2.54. The molecule has 0 atom stereocenters. The van der Waals surface area contributed by atoms with Crippen molar-refractivity contribution in [3.05, 3.63) is 57.1 Å². The van der Waals surface area contributed by atoms with Crippen molar-refractivity contribution in [2.45, 2.75) is 77.7 Å². The van der Waals surface area contributed by atoms with Crippen LogP contribution in [0.3, 0.4) is 0 Å². The second-order valence-corrected chi connectivity index (χ2v) is 17.0. The molecule has 2 aromatic heterocycles. The number of aryl methyl sites for hydroxylation is 1. The van der Waals surface area contributed by atoms with Crippen LogP contribution in [0.5, 0.6) is 17.2 Å². The van der Waals surface area contributed by atoms with E-state index in [9.17, 15) is 14.7 Å². The van der Waals surface area contributed by atoms with E-state index in [0.717, 1.165) is 17.7 Å². The number of nitrogens with zero attached hydrogens (tertiary/aromatic N) is 3. The van der Waals surface area contributed by atoms with E-state index in [-0.39, 0.29) is 22.9 Å². The highest BCUT2D eigenvalue weighted by molar-refractivity contribution is 6.74. The Kier molecular flexibility index (Phi) is 9.22. The molecule has 0 fully saturated rings. The minimum absolute atomic E-state index is 0.101. The Morgan fingerprint density at radius 1 is 1.12 bits per heavy atom. The Morgan fingerprint density at radius 2 is 1.86 bits per heavy atom. The van der Waals surface area contributed by atoms with Gasteiger partial charge in [-0.25, -0.2) is 4.79 Å². The lowest BCUT2D eigenvalue weighted by molar-refractivity contribution is 0.0594. The van der Waals surface area contributed by atoms with Crippen LogP contribution in [0.15, 0.2) is 29.2 Å². The van der Waals surface area contributed by atoms with Crippen LogP contribution in [0.4, 0.5) is 0 Å². The highest BCUT2D eigenvalue weighted by atomic mass is 28.4. The van der Waals surface area contributed by atoms with Crippen LogP contribution >= 0.6 is 0 Å². The zero-order chi connectivity index (χ0) is 30.8. The van der Waals surface area contributed by atoms with Gasteiger partial charge in [-0.1, -0.05) is 20.8 Å². The van der Waals surface area contributed by atoms with Crippen molar-refractivity contribution in [3.63, 3.8) is 0 Å². The third kappa shape index (κ3) is 5.98. The first-order chi connectivity index (χ1) is 19.8. The average Bonchev–Trinajstić information content (AvgIpc) is 3.24. The van der Waals surface area contributed by atoms with Crippen LogP contribution in [0.2, 0.25) is 18.1 Å². The quantitative estimate of drug-likeness (QED) is 0.193. The minimum Gasteiger partial charge on any atom is -0.506 e. The second-order valence-electron chi connectivity index (χ2n) is 12.2. The SMILES string of the molecule is COC(=O)c1c(O)c2c(n(Cc3ccc(OC)cc3OC)c1=O)-c1cnn(CCCO[Si](C)(C)C(C)(C)C)c1CCC2. The highest BCUT2D eigenvalue weighted by Gasteiger charge is 2.37. The van der Waals surface area contributed by atoms with Crippen LogP contribution < -0.4 is 15.0 Å². The van der Waals surface area contributed by atoms with Crippen LogP contribution in [-0.4, -0.2) is 61.7 Å². The number of methoxy groups -OCH3 is 3. The van der Waals surface area contributed by atoms with Gasteiger partial charge in [0.15, 0.2) is 13.9 Å². The molecule has 0 saturated heterocycles. The topological polar surface area (TPSA) is 114 Å². The number of ether oxygens (including phenoxy) is 3. The number of pyridine rings is 1. The van der Waals surface area contributed by atoms with E-state index in [0.29, 0.717) is 60.7 Å². The van der Waals surface area contributed by atoms with E-state index < -0.39 is 19.8 Å². The summed E-state index contributed by atoms with van der Waals surface area (Å²) in [4.78, 5) is 26.6. The van der Waals surface area contributed by atoms with Gasteiger partial charge in [0, 0.05) is 41.6 Å². The summed E-state index contributed by atoms with van der Waals surface area (Å²) in [6.45, 7) is 12.6. The standard InChI is InChI=1S/C31H43N3O7Si/c1-31(2,3)42(7,8)41-16-10-15-34-24-12-9-11-22-27(23(24)18-32-34)33(29(36)26(28(22)35)30(37)40-6)19-20-13-14-21(38-4)17-25(20)39-5/h13-14,17-18,35H,9-12,15-16,19H2,1-8H3. The summed E-state index contributed by atoms with van der Waals surface area (Å²) in [6.07, 6.45) is 4.46. The molecular formula is C31H43N3O7Si. The Morgan fingerprint density at radius 3 is 2.50 bits per heavy atom. The normalized spacial score (nSPS) is 13.2. The third-order valence-corrected chi connectivity index (χ3v) is 13.1. The van der Waals surface area contributed by atoms with Crippen LogP contribution in [0.25, 0.3) is 11.3 Å². The summed E-state index contributed by atoms with van der Waals surface area (Å²) in [5.74, 6) is -0.0568. The molecule has 0 spiro atoms. The molecule has 3 aromatic rings. The zero-order valence-electron chi connectivity index (χ0n) is 26.0. The Labute approximate surface area is 248 Å². The molecule has 1 aliphatic carbocycles. The first-order valence-corrected chi connectivity index (χ1v) is 17.2. The van der Waals surface area contributed by atoms with E-state index in [1.54, 1.807) is 32.5 Å². The molecule has 228 valence electrons. The number of aromatic hydroxyl groups is 1. The summed E-state index contributed by atoms with van der Waals surface area (Å²) in [5, 5.41) is 16.1. The number of rotatable bonds is 10. The number of fused-ring (bicyclic) bond motifs is 3. The van der Waals surface area contributed by atoms with Gasteiger partial charge in [-0.3, -0.25) is 9.48 Å². The first kappa shape index (κ1) is 31.4. The van der Waals surface area contributed by atoms with Gasteiger partial charge in [0.1, 0.15) is 17.2 Å². The number of hydrogen-bond donors (Lipinski definition) is 1. The van der Waals surface area contributed by atoms with E-state index in [1.165, 1.54) is 11.7 Å². The van der Waals surface area contributed by atoms with E-state index in [4.69, 9.17) is 23.7 Å². The summed E-state index contributed by atoms with van der Waals surface area (Å²) >= 11 is 0. The van der Waals surface area contributed by atoms with Crippen LogP contribution in [0.1, 0.15) is 60.8 Å². The maximum atomic E-state index is 13.9. The first-order valence-electron chi connectivity index (χ1n) is 14.3. The van der Waals surface area contributed by atoms with Gasteiger partial charge < -0.3 is 28.3 Å². The van der Waals surface area contributed by atoms with E-state index >= 15 is 0 Å². The van der Waals surface area contributed by atoms with Gasteiger partial charge >= 0.3 is 5.97 Å². The monoisotopic (exact) mass is 597 g/mol. The van der Waals surface area contributed by atoms with Gasteiger partial charge in [-0.15, -0.1) is 0 Å². The van der Waals surface area contributed by atoms with Crippen LogP contribution in [-0.2, 0) is 35.1 Å². The Balaban J connectivity index is 1.78. The lowest BCUT2D eigenvalue weighted by atomic mass is 10.0. The van der Waals surface area contributed by atoms with Gasteiger partial charge in [0.05, 0.1) is 39.8 Å². The molecule has 0 saturated carbocycles. The van der Waals surface area contributed by atoms with Crippen molar-refractivity contribution in [2.75, 3.05) is 27.9 Å².